The molecule has 90 valence electrons. The Bertz CT molecular complexity index is 339. The molecule has 0 radical (unpaired) electrons. The van der Waals surface area contributed by atoms with Gasteiger partial charge in [-0.2, -0.15) is 0 Å². The zero-order valence-electron chi connectivity index (χ0n) is 10.5. The average molecular weight is 285 g/mol. The maximum absolute atomic E-state index is 4.39. The number of aryl methyl sites for hydroxylation is 1. The number of nitrogens with one attached hydrogen (secondary N) is 1. The fraction of sp³-hybridized carbons (Fsp3) is 0.615. The Kier molecular flexibility index (Phi) is 5.26. The van der Waals surface area contributed by atoms with E-state index in [2.05, 4.69) is 53.1 Å². The lowest BCUT2D eigenvalue weighted by Crippen LogP contribution is -2.19. The molecule has 1 N–H and O–H groups in total. The Morgan fingerprint density at radius 2 is 2.12 bits per heavy atom. The molecule has 0 saturated heterocycles. The lowest BCUT2D eigenvalue weighted by molar-refractivity contribution is 0.483. The quantitative estimate of drug-likeness (QED) is 0.868. The molecule has 1 heterocycles. The molecule has 0 aromatic carbocycles. The van der Waals surface area contributed by atoms with Crippen molar-refractivity contribution in [3.05, 3.63) is 22.3 Å². The standard InChI is InChI=1S/C13H21BrN2/c1-5-9(2)6-11(4)16-13-12(14)7-10(3)8-15-13/h7-9,11H,5-6H2,1-4H3,(H,15,16). The number of halogens is 1. The average Bonchev–Trinajstić information content (AvgIpc) is 2.22. The molecule has 1 aromatic heterocycles. The molecule has 2 nitrogen and oxygen atoms in total. The highest BCUT2D eigenvalue weighted by atomic mass is 79.9. The van der Waals surface area contributed by atoms with Crippen LogP contribution < -0.4 is 5.32 Å². The molecule has 0 aliphatic rings. The van der Waals surface area contributed by atoms with Crippen LogP contribution in [-0.2, 0) is 0 Å². The molecule has 3 heteroatoms. The molecule has 2 unspecified atom stereocenters. The molecule has 16 heavy (non-hydrogen) atoms. The summed E-state index contributed by atoms with van der Waals surface area (Å²) in [6.07, 6.45) is 4.30. The van der Waals surface area contributed by atoms with Gasteiger partial charge in [-0.15, -0.1) is 0 Å². The van der Waals surface area contributed by atoms with Gasteiger partial charge in [-0.05, 0) is 53.7 Å². The van der Waals surface area contributed by atoms with Crippen molar-refractivity contribution in [2.24, 2.45) is 5.92 Å². The molecular formula is C13H21BrN2. The molecule has 0 fully saturated rings. The first-order valence-corrected chi connectivity index (χ1v) is 6.71. The van der Waals surface area contributed by atoms with Crippen molar-refractivity contribution in [1.82, 2.24) is 4.98 Å². The van der Waals surface area contributed by atoms with Gasteiger partial charge in [-0.3, -0.25) is 0 Å². The van der Waals surface area contributed by atoms with Gasteiger partial charge in [0.25, 0.3) is 0 Å². The van der Waals surface area contributed by atoms with E-state index >= 15 is 0 Å². The Labute approximate surface area is 107 Å². The van der Waals surface area contributed by atoms with Gasteiger partial charge in [0.1, 0.15) is 5.82 Å². The first-order chi connectivity index (χ1) is 7.52. The SMILES string of the molecule is CCC(C)CC(C)Nc1ncc(C)cc1Br. The summed E-state index contributed by atoms with van der Waals surface area (Å²) in [6.45, 7) is 8.78. The van der Waals surface area contributed by atoms with Crippen LogP contribution in [-0.4, -0.2) is 11.0 Å². The molecule has 0 aliphatic carbocycles. The predicted octanol–water partition coefficient (Wildman–Crippen LogP) is 4.39. The van der Waals surface area contributed by atoms with Gasteiger partial charge in [0.2, 0.25) is 0 Å². The number of aromatic nitrogens is 1. The molecule has 1 rings (SSSR count). The van der Waals surface area contributed by atoms with Crippen molar-refractivity contribution in [3.8, 4) is 0 Å². The fourth-order valence-corrected chi connectivity index (χ4v) is 2.28. The van der Waals surface area contributed by atoms with Crippen LogP contribution in [0.1, 0.15) is 39.2 Å². The summed E-state index contributed by atoms with van der Waals surface area (Å²) in [7, 11) is 0. The van der Waals surface area contributed by atoms with Crippen molar-refractivity contribution < 1.29 is 0 Å². The summed E-state index contributed by atoms with van der Waals surface area (Å²) in [5, 5.41) is 3.44. The highest BCUT2D eigenvalue weighted by molar-refractivity contribution is 9.10. The Morgan fingerprint density at radius 3 is 2.69 bits per heavy atom. The molecule has 2 atom stereocenters. The second-order valence-electron chi connectivity index (χ2n) is 4.64. The molecule has 0 bridgehead atoms. The van der Waals surface area contributed by atoms with Gasteiger partial charge in [0, 0.05) is 12.2 Å². The summed E-state index contributed by atoms with van der Waals surface area (Å²) in [4.78, 5) is 4.39. The number of nitrogens with zero attached hydrogens (tertiary/aromatic N) is 1. The zero-order chi connectivity index (χ0) is 12.1. The van der Waals surface area contributed by atoms with Crippen LogP contribution in [0.3, 0.4) is 0 Å². The number of hydrogen-bond donors (Lipinski definition) is 1. The van der Waals surface area contributed by atoms with E-state index in [1.165, 1.54) is 18.4 Å². The van der Waals surface area contributed by atoms with Gasteiger partial charge >= 0.3 is 0 Å². The highest BCUT2D eigenvalue weighted by Gasteiger charge is 2.09. The Morgan fingerprint density at radius 1 is 1.44 bits per heavy atom. The number of rotatable bonds is 5. The number of pyridine rings is 1. The third-order valence-electron chi connectivity index (χ3n) is 2.81. The van der Waals surface area contributed by atoms with Crippen LogP contribution in [0.4, 0.5) is 5.82 Å². The normalized spacial score (nSPS) is 14.6. The van der Waals surface area contributed by atoms with Crippen molar-refractivity contribution in [3.63, 3.8) is 0 Å². The van der Waals surface area contributed by atoms with E-state index < -0.39 is 0 Å². The third kappa shape index (κ3) is 4.12. The van der Waals surface area contributed by atoms with E-state index in [0.717, 1.165) is 16.2 Å². The Balaban J connectivity index is 2.59. The first kappa shape index (κ1) is 13.5. The van der Waals surface area contributed by atoms with E-state index in [0.29, 0.717) is 6.04 Å². The maximum atomic E-state index is 4.39. The fourth-order valence-electron chi connectivity index (χ4n) is 1.70. The third-order valence-corrected chi connectivity index (χ3v) is 3.42. The smallest absolute Gasteiger partial charge is 0.140 e. The van der Waals surface area contributed by atoms with Gasteiger partial charge in [0.15, 0.2) is 0 Å². The van der Waals surface area contributed by atoms with Crippen molar-refractivity contribution in [2.75, 3.05) is 5.32 Å². The number of hydrogen-bond acceptors (Lipinski definition) is 2. The molecule has 0 aliphatic heterocycles. The van der Waals surface area contributed by atoms with Crippen molar-refractivity contribution in [1.29, 1.82) is 0 Å². The van der Waals surface area contributed by atoms with Gasteiger partial charge in [-0.1, -0.05) is 20.3 Å². The lowest BCUT2D eigenvalue weighted by Gasteiger charge is -2.18. The second kappa shape index (κ2) is 6.24. The van der Waals surface area contributed by atoms with Crippen LogP contribution in [0.15, 0.2) is 16.7 Å². The minimum atomic E-state index is 0.460. The summed E-state index contributed by atoms with van der Waals surface area (Å²) >= 11 is 3.53. The topological polar surface area (TPSA) is 24.9 Å². The molecule has 0 saturated carbocycles. The summed E-state index contributed by atoms with van der Waals surface area (Å²) in [5.41, 5.74) is 1.17. The zero-order valence-corrected chi connectivity index (χ0v) is 12.1. The monoisotopic (exact) mass is 284 g/mol. The molecule has 1 aromatic rings. The minimum Gasteiger partial charge on any atom is -0.367 e. The number of anilines is 1. The highest BCUT2D eigenvalue weighted by Crippen LogP contribution is 2.22. The van der Waals surface area contributed by atoms with E-state index in [9.17, 15) is 0 Å². The van der Waals surface area contributed by atoms with E-state index in [-0.39, 0.29) is 0 Å². The lowest BCUT2D eigenvalue weighted by atomic mass is 10.0. The van der Waals surface area contributed by atoms with Crippen LogP contribution in [0, 0.1) is 12.8 Å². The van der Waals surface area contributed by atoms with Crippen molar-refractivity contribution in [2.45, 2.75) is 46.6 Å². The van der Waals surface area contributed by atoms with E-state index in [1.54, 1.807) is 0 Å². The maximum Gasteiger partial charge on any atom is 0.140 e. The predicted molar refractivity (Wildman–Crippen MR) is 73.8 cm³/mol. The van der Waals surface area contributed by atoms with Crippen LogP contribution in [0.5, 0.6) is 0 Å². The van der Waals surface area contributed by atoms with E-state index in [4.69, 9.17) is 0 Å². The van der Waals surface area contributed by atoms with Crippen LogP contribution >= 0.6 is 15.9 Å². The van der Waals surface area contributed by atoms with Gasteiger partial charge in [-0.25, -0.2) is 4.98 Å². The molecule has 0 amide bonds. The Hall–Kier alpha value is -0.570. The minimum absolute atomic E-state index is 0.460. The van der Waals surface area contributed by atoms with Crippen LogP contribution in [0.25, 0.3) is 0 Å². The van der Waals surface area contributed by atoms with Crippen molar-refractivity contribution >= 4 is 21.7 Å². The van der Waals surface area contributed by atoms with E-state index in [1.807, 2.05) is 13.1 Å². The second-order valence-corrected chi connectivity index (χ2v) is 5.49. The summed E-state index contributed by atoms with van der Waals surface area (Å²) < 4.78 is 1.04. The largest absolute Gasteiger partial charge is 0.367 e. The molecular weight excluding hydrogens is 264 g/mol. The molecule has 0 spiro atoms. The van der Waals surface area contributed by atoms with Gasteiger partial charge in [0.05, 0.1) is 4.47 Å². The van der Waals surface area contributed by atoms with Gasteiger partial charge < -0.3 is 5.32 Å². The summed E-state index contributed by atoms with van der Waals surface area (Å²) in [5.74, 6) is 1.70. The van der Waals surface area contributed by atoms with Crippen LogP contribution in [0.2, 0.25) is 0 Å². The first-order valence-electron chi connectivity index (χ1n) is 5.91. The summed E-state index contributed by atoms with van der Waals surface area (Å²) in [6, 6.07) is 2.55.